The predicted molar refractivity (Wildman–Crippen MR) is 150 cm³/mol. The number of nitrogens with zero attached hydrogens (tertiary/aromatic N) is 3. The van der Waals surface area contributed by atoms with Crippen LogP contribution in [0, 0.1) is 11.3 Å². The molecule has 0 saturated carbocycles. The van der Waals surface area contributed by atoms with Crippen molar-refractivity contribution in [1.82, 2.24) is 9.13 Å². The predicted octanol–water partition coefficient (Wildman–Crippen LogP) is 8.45. The number of fused-ring (bicyclic) bond motifs is 6. The fourth-order valence-electron chi connectivity index (χ4n) is 5.78. The van der Waals surface area contributed by atoms with Gasteiger partial charge in [0.15, 0.2) is 0 Å². The van der Waals surface area contributed by atoms with Gasteiger partial charge >= 0.3 is 0 Å². The van der Waals surface area contributed by atoms with Gasteiger partial charge in [-0.05, 0) is 61.0 Å². The Hall–Kier alpha value is -4.81. The fourth-order valence-corrected chi connectivity index (χ4v) is 5.78. The van der Waals surface area contributed by atoms with E-state index in [1.165, 1.54) is 43.8 Å². The highest BCUT2D eigenvalue weighted by atomic mass is 15.0. The van der Waals surface area contributed by atoms with Crippen LogP contribution in [0.25, 0.3) is 60.4 Å². The summed E-state index contributed by atoms with van der Waals surface area (Å²) in [5.74, 6) is 0. The Morgan fingerprint density at radius 2 is 1.22 bits per heavy atom. The molecular formula is C33H23N3. The van der Waals surface area contributed by atoms with Gasteiger partial charge in [0.2, 0.25) is 0 Å². The van der Waals surface area contributed by atoms with E-state index >= 15 is 0 Å². The van der Waals surface area contributed by atoms with Crippen molar-refractivity contribution < 1.29 is 0 Å². The Morgan fingerprint density at radius 3 is 1.92 bits per heavy atom. The van der Waals surface area contributed by atoms with Crippen molar-refractivity contribution in [3.8, 4) is 22.9 Å². The third-order valence-electron chi connectivity index (χ3n) is 7.35. The van der Waals surface area contributed by atoms with Crippen molar-refractivity contribution >= 4 is 43.6 Å². The molecule has 7 rings (SSSR count). The van der Waals surface area contributed by atoms with Crippen LogP contribution in [-0.2, 0) is 6.54 Å². The third kappa shape index (κ3) is 2.85. The summed E-state index contributed by atoms with van der Waals surface area (Å²) < 4.78 is 4.71. The van der Waals surface area contributed by atoms with Crippen LogP contribution in [0.2, 0.25) is 0 Å². The van der Waals surface area contributed by atoms with E-state index in [2.05, 4.69) is 119 Å². The lowest BCUT2D eigenvalue weighted by molar-refractivity contribution is 0.827. The van der Waals surface area contributed by atoms with Crippen LogP contribution in [0.5, 0.6) is 0 Å². The topological polar surface area (TPSA) is 33.6 Å². The lowest BCUT2D eigenvalue weighted by Gasteiger charge is -2.14. The van der Waals surface area contributed by atoms with Crippen LogP contribution < -0.4 is 0 Å². The van der Waals surface area contributed by atoms with Crippen LogP contribution in [0.3, 0.4) is 0 Å². The standard InChI is InChI=1S/C33H23N3/c1-2-35-29-17-15-22(21-34)19-27(29)28-20-23(16-18-30(28)35)24-9-3-6-12-31(24)36-32-13-7-4-10-25(32)26-11-5-8-14-33(26)36/h3-20H,2H2,1H3. The maximum atomic E-state index is 9.52. The van der Waals surface area contributed by atoms with E-state index in [0.29, 0.717) is 5.56 Å². The van der Waals surface area contributed by atoms with Crippen LogP contribution in [0.4, 0.5) is 0 Å². The summed E-state index contributed by atoms with van der Waals surface area (Å²) in [7, 11) is 0. The van der Waals surface area contributed by atoms with Crippen molar-refractivity contribution in [1.29, 1.82) is 5.26 Å². The van der Waals surface area contributed by atoms with Crippen molar-refractivity contribution in [3.05, 3.63) is 115 Å². The second kappa shape index (κ2) is 7.86. The lowest BCUT2D eigenvalue weighted by atomic mass is 10.0. The SMILES string of the molecule is CCn1c2ccc(C#N)cc2c2cc(-c3ccccc3-n3c4ccccc4c4ccccc43)ccc21. The summed E-state index contributed by atoms with van der Waals surface area (Å²) in [5, 5.41) is 14.3. The van der Waals surface area contributed by atoms with Gasteiger partial charge in [0, 0.05) is 44.7 Å². The molecular weight excluding hydrogens is 438 g/mol. The smallest absolute Gasteiger partial charge is 0.0991 e. The Labute approximate surface area is 209 Å². The van der Waals surface area contributed by atoms with E-state index < -0.39 is 0 Å². The first-order chi connectivity index (χ1) is 17.8. The zero-order chi connectivity index (χ0) is 24.2. The molecule has 0 atom stereocenters. The number of benzene rings is 5. The number of para-hydroxylation sites is 3. The monoisotopic (exact) mass is 461 g/mol. The van der Waals surface area contributed by atoms with E-state index in [0.717, 1.165) is 23.2 Å². The van der Waals surface area contributed by atoms with Gasteiger partial charge in [-0.15, -0.1) is 0 Å². The maximum absolute atomic E-state index is 9.52. The van der Waals surface area contributed by atoms with Crippen molar-refractivity contribution in [3.63, 3.8) is 0 Å². The first-order valence-corrected chi connectivity index (χ1v) is 12.3. The zero-order valence-corrected chi connectivity index (χ0v) is 19.9. The molecule has 0 aliphatic rings. The van der Waals surface area contributed by atoms with Gasteiger partial charge in [0.05, 0.1) is 28.4 Å². The summed E-state index contributed by atoms with van der Waals surface area (Å²) in [6.07, 6.45) is 0. The molecule has 0 amide bonds. The number of nitriles is 1. The molecule has 2 aromatic heterocycles. The largest absolute Gasteiger partial charge is 0.341 e. The highest BCUT2D eigenvalue weighted by molar-refractivity contribution is 6.11. The third-order valence-corrected chi connectivity index (χ3v) is 7.35. The van der Waals surface area contributed by atoms with E-state index in [1.807, 2.05) is 12.1 Å². The number of hydrogen-bond acceptors (Lipinski definition) is 1. The van der Waals surface area contributed by atoms with Gasteiger partial charge < -0.3 is 9.13 Å². The highest BCUT2D eigenvalue weighted by Crippen LogP contribution is 2.38. The lowest BCUT2D eigenvalue weighted by Crippen LogP contribution is -1.97. The van der Waals surface area contributed by atoms with Crippen LogP contribution in [0.15, 0.2) is 109 Å². The second-order valence-electron chi connectivity index (χ2n) is 9.21. The van der Waals surface area contributed by atoms with E-state index in [9.17, 15) is 5.26 Å². The molecule has 0 spiro atoms. The Balaban J connectivity index is 1.53. The van der Waals surface area contributed by atoms with E-state index in [4.69, 9.17) is 0 Å². The average Bonchev–Trinajstić information content (AvgIpc) is 3.44. The van der Waals surface area contributed by atoms with Gasteiger partial charge in [-0.25, -0.2) is 0 Å². The second-order valence-corrected chi connectivity index (χ2v) is 9.21. The molecule has 0 saturated heterocycles. The van der Waals surface area contributed by atoms with Crippen molar-refractivity contribution in [2.45, 2.75) is 13.5 Å². The van der Waals surface area contributed by atoms with Crippen molar-refractivity contribution in [2.75, 3.05) is 0 Å². The average molecular weight is 462 g/mol. The Morgan fingerprint density at radius 1 is 0.611 bits per heavy atom. The van der Waals surface area contributed by atoms with Crippen molar-refractivity contribution in [2.24, 2.45) is 0 Å². The highest BCUT2D eigenvalue weighted by Gasteiger charge is 2.16. The number of aromatic nitrogens is 2. The molecule has 7 aromatic rings. The van der Waals surface area contributed by atoms with Gasteiger partial charge in [0.1, 0.15) is 0 Å². The van der Waals surface area contributed by atoms with Gasteiger partial charge in [-0.1, -0.05) is 60.7 Å². The van der Waals surface area contributed by atoms with Crippen LogP contribution in [0.1, 0.15) is 12.5 Å². The molecule has 0 N–H and O–H groups in total. The Bertz CT molecular complexity index is 1940. The van der Waals surface area contributed by atoms with Crippen LogP contribution in [-0.4, -0.2) is 9.13 Å². The summed E-state index contributed by atoms with van der Waals surface area (Å²) in [4.78, 5) is 0. The minimum absolute atomic E-state index is 0.689. The summed E-state index contributed by atoms with van der Waals surface area (Å²) in [6, 6.07) is 40.9. The van der Waals surface area contributed by atoms with E-state index in [1.54, 1.807) is 0 Å². The quantitative estimate of drug-likeness (QED) is 0.260. The maximum Gasteiger partial charge on any atom is 0.0991 e. The number of aryl methyl sites for hydroxylation is 1. The first-order valence-electron chi connectivity index (χ1n) is 12.3. The molecule has 5 aromatic carbocycles. The normalized spacial score (nSPS) is 11.6. The zero-order valence-electron chi connectivity index (χ0n) is 19.9. The molecule has 0 bridgehead atoms. The fraction of sp³-hybridized carbons (Fsp3) is 0.0606. The summed E-state index contributed by atoms with van der Waals surface area (Å²) in [6.45, 7) is 3.05. The molecule has 170 valence electrons. The molecule has 3 heteroatoms. The van der Waals surface area contributed by atoms with Gasteiger partial charge in [0.25, 0.3) is 0 Å². The Kier molecular flexibility index (Phi) is 4.49. The van der Waals surface area contributed by atoms with E-state index in [-0.39, 0.29) is 0 Å². The minimum Gasteiger partial charge on any atom is -0.341 e. The summed E-state index contributed by atoms with van der Waals surface area (Å²) in [5.41, 5.74) is 8.96. The minimum atomic E-state index is 0.689. The van der Waals surface area contributed by atoms with Gasteiger partial charge in [-0.3, -0.25) is 0 Å². The molecule has 0 aliphatic heterocycles. The molecule has 2 heterocycles. The first kappa shape index (κ1) is 20.6. The number of rotatable bonds is 3. The molecule has 0 aliphatic carbocycles. The van der Waals surface area contributed by atoms with Gasteiger partial charge in [-0.2, -0.15) is 5.26 Å². The van der Waals surface area contributed by atoms with Crippen LogP contribution >= 0.6 is 0 Å². The molecule has 0 radical (unpaired) electrons. The molecule has 0 unspecified atom stereocenters. The summed E-state index contributed by atoms with van der Waals surface area (Å²) >= 11 is 0. The molecule has 36 heavy (non-hydrogen) atoms. The number of hydrogen-bond donors (Lipinski definition) is 0. The molecule has 3 nitrogen and oxygen atoms in total. The molecule has 0 fully saturated rings.